The maximum Gasteiger partial charge on any atom is 0.306 e. The largest absolute Gasteiger partial charge is 0.494 e. The van der Waals surface area contributed by atoms with Gasteiger partial charge in [0.2, 0.25) is 0 Å². The number of nitrogens with zero attached hydrogens (tertiary/aromatic N) is 1. The van der Waals surface area contributed by atoms with E-state index in [0.717, 1.165) is 28.9 Å². The van der Waals surface area contributed by atoms with E-state index in [4.69, 9.17) is 4.74 Å². The molecule has 0 bridgehead atoms. The number of hydrogen-bond donors (Lipinski definition) is 1. The molecule has 4 nitrogen and oxygen atoms in total. The summed E-state index contributed by atoms with van der Waals surface area (Å²) in [6.07, 6.45) is 1.38. The van der Waals surface area contributed by atoms with Crippen LogP contribution in [-0.4, -0.2) is 35.7 Å². The van der Waals surface area contributed by atoms with Gasteiger partial charge in [-0.25, -0.2) is 0 Å². The lowest BCUT2D eigenvalue weighted by molar-refractivity contribution is -0.143. The first-order valence-electron chi connectivity index (χ1n) is 8.95. The highest BCUT2D eigenvalue weighted by Gasteiger charge is 2.32. The van der Waals surface area contributed by atoms with Crippen molar-refractivity contribution in [2.45, 2.75) is 32.7 Å². The number of hydrogen-bond acceptors (Lipinski definition) is 4. The molecular formula is C20H24BrNO3S. The van der Waals surface area contributed by atoms with Crippen LogP contribution in [-0.2, 0) is 4.79 Å². The van der Waals surface area contributed by atoms with Gasteiger partial charge in [0.05, 0.1) is 18.6 Å². The molecule has 1 aliphatic rings. The Labute approximate surface area is 166 Å². The standard InChI is InChI=1S/C20H24BrNO3S/c1-3-25-17-6-5-15(21)12-16(17)19(18-7-4-13(2)26-18)22-10-8-14(9-11-22)20(23)24/h4-7,12,14,19H,3,8-11H2,1-2H3,(H,23,24). The zero-order valence-corrected chi connectivity index (χ0v) is 17.5. The average molecular weight is 438 g/mol. The van der Waals surface area contributed by atoms with Gasteiger partial charge in [0.15, 0.2) is 0 Å². The van der Waals surface area contributed by atoms with Gasteiger partial charge in [-0.05, 0) is 70.1 Å². The van der Waals surface area contributed by atoms with E-state index in [9.17, 15) is 9.90 Å². The number of aliphatic carboxylic acids is 1. The van der Waals surface area contributed by atoms with Gasteiger partial charge in [0.25, 0.3) is 0 Å². The van der Waals surface area contributed by atoms with E-state index >= 15 is 0 Å². The molecule has 1 fully saturated rings. The van der Waals surface area contributed by atoms with Gasteiger partial charge in [-0.15, -0.1) is 11.3 Å². The minimum atomic E-state index is -0.675. The molecule has 1 aromatic heterocycles. The molecule has 0 amide bonds. The Morgan fingerprint density at radius 2 is 2.08 bits per heavy atom. The second kappa shape index (κ2) is 8.55. The lowest BCUT2D eigenvalue weighted by Crippen LogP contribution is -2.39. The highest BCUT2D eigenvalue weighted by atomic mass is 79.9. The summed E-state index contributed by atoms with van der Waals surface area (Å²) < 4.78 is 6.94. The van der Waals surface area contributed by atoms with Gasteiger partial charge in [-0.2, -0.15) is 0 Å². The second-order valence-corrected chi connectivity index (χ2v) is 8.85. The molecule has 6 heteroatoms. The first-order valence-corrected chi connectivity index (χ1v) is 10.6. The Balaban J connectivity index is 1.98. The maximum absolute atomic E-state index is 11.3. The molecule has 26 heavy (non-hydrogen) atoms. The van der Waals surface area contributed by atoms with Crippen LogP contribution in [0.2, 0.25) is 0 Å². The minimum Gasteiger partial charge on any atom is -0.494 e. The summed E-state index contributed by atoms with van der Waals surface area (Å²) in [6.45, 7) is 6.28. The van der Waals surface area contributed by atoms with Gasteiger partial charge in [-0.3, -0.25) is 9.69 Å². The summed E-state index contributed by atoms with van der Waals surface area (Å²) in [7, 11) is 0. The molecule has 1 unspecified atom stereocenters. The number of likely N-dealkylation sites (tertiary alicyclic amines) is 1. The van der Waals surface area contributed by atoms with Crippen molar-refractivity contribution < 1.29 is 14.6 Å². The molecule has 2 heterocycles. The van der Waals surface area contributed by atoms with Crippen LogP contribution >= 0.6 is 27.3 Å². The molecule has 1 N–H and O–H groups in total. The molecule has 2 aromatic rings. The Morgan fingerprint density at radius 3 is 2.65 bits per heavy atom. The Kier molecular flexibility index (Phi) is 6.37. The van der Waals surface area contributed by atoms with Crippen molar-refractivity contribution in [2.24, 2.45) is 5.92 Å². The van der Waals surface area contributed by atoms with Gasteiger partial charge in [-0.1, -0.05) is 15.9 Å². The highest BCUT2D eigenvalue weighted by molar-refractivity contribution is 9.10. The topological polar surface area (TPSA) is 49.8 Å². The molecule has 140 valence electrons. The Bertz CT molecular complexity index is 768. The van der Waals surface area contributed by atoms with Crippen LogP contribution in [0.15, 0.2) is 34.8 Å². The first kappa shape index (κ1) is 19.4. The Morgan fingerprint density at radius 1 is 1.35 bits per heavy atom. The van der Waals surface area contributed by atoms with Crippen LogP contribution in [0.25, 0.3) is 0 Å². The molecule has 3 rings (SSSR count). The third-order valence-electron chi connectivity index (χ3n) is 4.84. The van der Waals surface area contributed by atoms with E-state index in [0.29, 0.717) is 19.4 Å². The van der Waals surface area contributed by atoms with Crippen LogP contribution in [0.3, 0.4) is 0 Å². The monoisotopic (exact) mass is 437 g/mol. The van der Waals surface area contributed by atoms with Gasteiger partial charge < -0.3 is 9.84 Å². The van der Waals surface area contributed by atoms with Crippen LogP contribution < -0.4 is 4.74 Å². The van der Waals surface area contributed by atoms with Crippen molar-refractivity contribution in [3.05, 3.63) is 50.1 Å². The van der Waals surface area contributed by atoms with Crippen molar-refractivity contribution in [3.8, 4) is 5.75 Å². The highest BCUT2D eigenvalue weighted by Crippen LogP contribution is 2.40. The molecule has 0 spiro atoms. The fraction of sp³-hybridized carbons (Fsp3) is 0.450. The number of ether oxygens (including phenoxy) is 1. The van der Waals surface area contributed by atoms with E-state index in [-0.39, 0.29) is 12.0 Å². The zero-order valence-electron chi connectivity index (χ0n) is 15.1. The summed E-state index contributed by atoms with van der Waals surface area (Å²) >= 11 is 5.39. The van der Waals surface area contributed by atoms with E-state index in [1.165, 1.54) is 9.75 Å². The number of aryl methyl sites for hydroxylation is 1. The fourth-order valence-electron chi connectivity index (χ4n) is 3.55. The maximum atomic E-state index is 11.3. The number of carboxylic acid groups (broad SMARTS) is 1. The summed E-state index contributed by atoms with van der Waals surface area (Å²) in [5.41, 5.74) is 1.14. The normalized spacial score (nSPS) is 17.2. The molecule has 0 aliphatic carbocycles. The molecule has 1 saturated heterocycles. The van der Waals surface area contributed by atoms with Crippen molar-refractivity contribution in [1.29, 1.82) is 0 Å². The summed E-state index contributed by atoms with van der Waals surface area (Å²) in [5, 5.41) is 9.31. The van der Waals surface area contributed by atoms with Crippen LogP contribution in [0.1, 0.15) is 41.1 Å². The third-order valence-corrected chi connectivity index (χ3v) is 6.39. The quantitative estimate of drug-likeness (QED) is 0.682. The van der Waals surface area contributed by atoms with Crippen molar-refractivity contribution in [2.75, 3.05) is 19.7 Å². The number of carbonyl (C=O) groups is 1. The molecule has 1 atom stereocenters. The SMILES string of the molecule is CCOc1ccc(Br)cc1C(c1ccc(C)s1)N1CCC(C(=O)O)CC1. The van der Waals surface area contributed by atoms with Crippen molar-refractivity contribution >= 4 is 33.2 Å². The van der Waals surface area contributed by atoms with Crippen molar-refractivity contribution in [3.63, 3.8) is 0 Å². The number of carboxylic acids is 1. The average Bonchev–Trinajstić information content (AvgIpc) is 3.04. The zero-order chi connectivity index (χ0) is 18.7. The van der Waals surface area contributed by atoms with Crippen LogP contribution in [0.4, 0.5) is 0 Å². The van der Waals surface area contributed by atoms with Gasteiger partial charge in [0.1, 0.15) is 5.75 Å². The van der Waals surface area contributed by atoms with E-state index in [1.807, 2.05) is 19.1 Å². The third kappa shape index (κ3) is 4.30. The number of thiophene rings is 1. The minimum absolute atomic E-state index is 0.0856. The molecule has 0 saturated carbocycles. The second-order valence-electron chi connectivity index (χ2n) is 6.61. The van der Waals surface area contributed by atoms with E-state index in [1.54, 1.807) is 11.3 Å². The predicted octanol–water partition coefficient (Wildman–Crippen LogP) is 5.10. The number of benzene rings is 1. The lowest BCUT2D eigenvalue weighted by atomic mass is 9.93. The summed E-state index contributed by atoms with van der Waals surface area (Å²) in [5.74, 6) is -0.0106. The van der Waals surface area contributed by atoms with E-state index < -0.39 is 5.97 Å². The fourth-order valence-corrected chi connectivity index (χ4v) is 4.97. The number of halogens is 1. The molecule has 1 aliphatic heterocycles. The van der Waals surface area contributed by atoms with Gasteiger partial charge >= 0.3 is 5.97 Å². The van der Waals surface area contributed by atoms with Crippen molar-refractivity contribution in [1.82, 2.24) is 4.90 Å². The van der Waals surface area contributed by atoms with Crippen LogP contribution in [0.5, 0.6) is 5.75 Å². The predicted molar refractivity (Wildman–Crippen MR) is 108 cm³/mol. The Hall–Kier alpha value is -1.37. The lowest BCUT2D eigenvalue weighted by Gasteiger charge is -2.37. The van der Waals surface area contributed by atoms with E-state index in [2.05, 4.69) is 46.0 Å². The molecule has 0 radical (unpaired) electrons. The summed E-state index contributed by atoms with van der Waals surface area (Å²) in [4.78, 5) is 16.3. The van der Waals surface area contributed by atoms with Crippen LogP contribution in [0, 0.1) is 12.8 Å². The smallest absolute Gasteiger partial charge is 0.306 e. The van der Waals surface area contributed by atoms with Gasteiger partial charge in [0, 0.05) is 19.8 Å². The number of rotatable bonds is 6. The molecular weight excluding hydrogens is 414 g/mol. The molecule has 1 aromatic carbocycles. The number of piperidine rings is 1. The summed E-state index contributed by atoms with van der Waals surface area (Å²) in [6, 6.07) is 10.6. The first-order chi connectivity index (χ1) is 12.5.